The summed E-state index contributed by atoms with van der Waals surface area (Å²) in [5.74, 6) is 6.62. The van der Waals surface area contributed by atoms with Crippen LogP contribution in [0.25, 0.3) is 0 Å². The fourth-order valence-corrected chi connectivity index (χ4v) is 2.32. The molecule has 1 heterocycles. The van der Waals surface area contributed by atoms with Crippen LogP contribution in [0, 0.1) is 6.92 Å². The first-order valence-electron chi connectivity index (χ1n) is 5.86. The Bertz CT molecular complexity index is 573. The van der Waals surface area contributed by atoms with Gasteiger partial charge in [0, 0.05) is 29.8 Å². The standard InChI is InChI=1S/C13H16BrN5/c1-9-7-16-13(18-15)17-12(9)19(2)8-10-4-3-5-11(14)6-10/h3-7H,8,15H2,1-2H3,(H,16,17,18). The van der Waals surface area contributed by atoms with E-state index < -0.39 is 0 Å². The first-order chi connectivity index (χ1) is 9.10. The minimum Gasteiger partial charge on any atom is -0.355 e. The normalized spacial score (nSPS) is 10.3. The first-order valence-corrected chi connectivity index (χ1v) is 6.65. The van der Waals surface area contributed by atoms with E-state index in [1.165, 1.54) is 5.56 Å². The van der Waals surface area contributed by atoms with Gasteiger partial charge in [0.1, 0.15) is 5.82 Å². The molecule has 0 saturated heterocycles. The van der Waals surface area contributed by atoms with Crippen LogP contribution < -0.4 is 16.2 Å². The summed E-state index contributed by atoms with van der Waals surface area (Å²) >= 11 is 3.47. The molecule has 0 bridgehead atoms. The van der Waals surface area contributed by atoms with Gasteiger partial charge in [-0.15, -0.1) is 0 Å². The van der Waals surface area contributed by atoms with Crippen LogP contribution in [0.2, 0.25) is 0 Å². The van der Waals surface area contributed by atoms with Gasteiger partial charge in [-0.05, 0) is 24.6 Å². The molecule has 1 aromatic carbocycles. The Kier molecular flexibility index (Phi) is 4.34. The molecule has 0 fully saturated rings. The van der Waals surface area contributed by atoms with Gasteiger partial charge in [0.05, 0.1) is 0 Å². The molecule has 0 amide bonds. The summed E-state index contributed by atoms with van der Waals surface area (Å²) in [5, 5.41) is 0. The van der Waals surface area contributed by atoms with Crippen LogP contribution in [0.15, 0.2) is 34.9 Å². The number of nitrogens with zero attached hydrogens (tertiary/aromatic N) is 3. The van der Waals surface area contributed by atoms with Crippen molar-refractivity contribution in [2.24, 2.45) is 5.84 Å². The third-order valence-corrected chi connectivity index (χ3v) is 3.24. The Hall–Kier alpha value is -1.66. The van der Waals surface area contributed by atoms with Crippen molar-refractivity contribution >= 4 is 27.7 Å². The van der Waals surface area contributed by atoms with Crippen LogP contribution in [0.4, 0.5) is 11.8 Å². The van der Waals surface area contributed by atoms with Crippen LogP contribution in [0.1, 0.15) is 11.1 Å². The molecular formula is C13H16BrN5. The van der Waals surface area contributed by atoms with Crippen molar-refractivity contribution in [1.82, 2.24) is 9.97 Å². The van der Waals surface area contributed by atoms with Crippen molar-refractivity contribution in [2.45, 2.75) is 13.5 Å². The van der Waals surface area contributed by atoms with Gasteiger partial charge in [-0.1, -0.05) is 28.1 Å². The van der Waals surface area contributed by atoms with Gasteiger partial charge in [0.2, 0.25) is 5.95 Å². The Morgan fingerprint density at radius 1 is 1.42 bits per heavy atom. The van der Waals surface area contributed by atoms with Crippen LogP contribution in [-0.4, -0.2) is 17.0 Å². The Balaban J connectivity index is 2.22. The van der Waals surface area contributed by atoms with Gasteiger partial charge in [-0.2, -0.15) is 4.98 Å². The van der Waals surface area contributed by atoms with E-state index in [9.17, 15) is 0 Å². The number of anilines is 2. The lowest BCUT2D eigenvalue weighted by Gasteiger charge is -2.20. The molecular weight excluding hydrogens is 306 g/mol. The third kappa shape index (κ3) is 3.42. The summed E-state index contributed by atoms with van der Waals surface area (Å²) in [6, 6.07) is 8.21. The van der Waals surface area contributed by atoms with Gasteiger partial charge in [-0.25, -0.2) is 10.8 Å². The molecule has 3 N–H and O–H groups in total. The number of hydrogen-bond acceptors (Lipinski definition) is 5. The van der Waals surface area contributed by atoms with Crippen molar-refractivity contribution < 1.29 is 0 Å². The van der Waals surface area contributed by atoms with E-state index >= 15 is 0 Å². The quantitative estimate of drug-likeness (QED) is 0.669. The molecule has 0 saturated carbocycles. The summed E-state index contributed by atoms with van der Waals surface area (Å²) < 4.78 is 1.07. The van der Waals surface area contributed by atoms with Crippen LogP contribution >= 0.6 is 15.9 Å². The minimum atomic E-state index is 0.418. The zero-order chi connectivity index (χ0) is 13.8. The van der Waals surface area contributed by atoms with E-state index in [-0.39, 0.29) is 0 Å². The van der Waals surface area contributed by atoms with Crippen molar-refractivity contribution in [3.63, 3.8) is 0 Å². The second kappa shape index (κ2) is 5.99. The fourth-order valence-electron chi connectivity index (χ4n) is 1.87. The van der Waals surface area contributed by atoms with Crippen molar-refractivity contribution in [2.75, 3.05) is 17.4 Å². The van der Waals surface area contributed by atoms with E-state index in [4.69, 9.17) is 5.84 Å². The number of halogens is 1. The molecule has 0 unspecified atom stereocenters. The molecule has 0 radical (unpaired) electrons. The zero-order valence-corrected chi connectivity index (χ0v) is 12.5. The van der Waals surface area contributed by atoms with Crippen LogP contribution in [-0.2, 0) is 6.54 Å². The maximum Gasteiger partial charge on any atom is 0.239 e. The van der Waals surface area contributed by atoms with Crippen molar-refractivity contribution in [1.29, 1.82) is 0 Å². The predicted octanol–water partition coefficient (Wildman–Crippen LogP) is 2.47. The average molecular weight is 322 g/mol. The summed E-state index contributed by atoms with van der Waals surface area (Å²) in [6.07, 6.45) is 1.76. The van der Waals surface area contributed by atoms with Crippen LogP contribution in [0.3, 0.4) is 0 Å². The Morgan fingerprint density at radius 2 is 2.21 bits per heavy atom. The molecule has 1 aromatic heterocycles. The monoisotopic (exact) mass is 321 g/mol. The first kappa shape index (κ1) is 13.8. The molecule has 6 heteroatoms. The smallest absolute Gasteiger partial charge is 0.239 e. The van der Waals surface area contributed by atoms with Crippen LogP contribution in [0.5, 0.6) is 0 Å². The number of hydrogen-bond donors (Lipinski definition) is 2. The topological polar surface area (TPSA) is 67.1 Å². The van der Waals surface area contributed by atoms with E-state index in [0.717, 1.165) is 22.4 Å². The number of hydrazine groups is 1. The minimum absolute atomic E-state index is 0.418. The number of benzene rings is 1. The number of aryl methyl sites for hydroxylation is 1. The van der Waals surface area contributed by atoms with E-state index in [0.29, 0.717) is 5.95 Å². The van der Waals surface area contributed by atoms with Gasteiger partial charge in [-0.3, -0.25) is 5.43 Å². The predicted molar refractivity (Wildman–Crippen MR) is 80.8 cm³/mol. The molecule has 0 aliphatic rings. The van der Waals surface area contributed by atoms with Gasteiger partial charge in [0.25, 0.3) is 0 Å². The second-order valence-electron chi connectivity index (χ2n) is 4.33. The molecule has 0 aliphatic carbocycles. The number of rotatable bonds is 4. The van der Waals surface area contributed by atoms with Crippen molar-refractivity contribution in [3.05, 3.63) is 46.1 Å². The van der Waals surface area contributed by atoms with Crippen molar-refractivity contribution in [3.8, 4) is 0 Å². The Labute approximate surface area is 121 Å². The van der Waals surface area contributed by atoms with E-state index in [1.54, 1.807) is 6.20 Å². The summed E-state index contributed by atoms with van der Waals surface area (Å²) in [5.41, 5.74) is 4.68. The number of nitrogens with one attached hydrogen (secondary N) is 1. The molecule has 19 heavy (non-hydrogen) atoms. The van der Waals surface area contributed by atoms with Gasteiger partial charge < -0.3 is 4.90 Å². The zero-order valence-electron chi connectivity index (χ0n) is 10.9. The maximum absolute atomic E-state index is 5.34. The molecule has 5 nitrogen and oxygen atoms in total. The lowest BCUT2D eigenvalue weighted by molar-refractivity contribution is 0.881. The van der Waals surface area contributed by atoms with Gasteiger partial charge >= 0.3 is 0 Å². The lowest BCUT2D eigenvalue weighted by Crippen LogP contribution is -2.20. The molecule has 2 rings (SSSR count). The highest BCUT2D eigenvalue weighted by Gasteiger charge is 2.09. The molecule has 0 spiro atoms. The van der Waals surface area contributed by atoms with E-state index in [2.05, 4.69) is 48.4 Å². The molecule has 2 aromatic rings. The Morgan fingerprint density at radius 3 is 2.89 bits per heavy atom. The highest BCUT2D eigenvalue weighted by molar-refractivity contribution is 9.10. The SMILES string of the molecule is Cc1cnc(NN)nc1N(C)Cc1cccc(Br)c1. The van der Waals surface area contributed by atoms with Gasteiger partial charge in [0.15, 0.2) is 0 Å². The summed E-state index contributed by atoms with van der Waals surface area (Å²) in [6.45, 7) is 2.74. The summed E-state index contributed by atoms with van der Waals surface area (Å²) in [7, 11) is 2.00. The highest BCUT2D eigenvalue weighted by atomic mass is 79.9. The molecule has 0 atom stereocenters. The number of nitrogen functional groups attached to an aromatic ring is 1. The molecule has 0 aliphatic heterocycles. The number of nitrogens with two attached hydrogens (primary N) is 1. The number of aromatic nitrogens is 2. The fraction of sp³-hybridized carbons (Fsp3) is 0.231. The largest absolute Gasteiger partial charge is 0.355 e. The third-order valence-electron chi connectivity index (χ3n) is 2.74. The average Bonchev–Trinajstić information content (AvgIpc) is 2.39. The highest BCUT2D eigenvalue weighted by Crippen LogP contribution is 2.20. The second-order valence-corrected chi connectivity index (χ2v) is 5.25. The maximum atomic E-state index is 5.34. The summed E-state index contributed by atoms with van der Waals surface area (Å²) in [4.78, 5) is 10.5. The lowest BCUT2D eigenvalue weighted by atomic mass is 10.2. The molecule has 100 valence electrons. The van der Waals surface area contributed by atoms with E-state index in [1.807, 2.05) is 26.1 Å².